The van der Waals surface area contributed by atoms with E-state index >= 15 is 0 Å². The number of hydrogen-bond acceptors (Lipinski definition) is 4. The third kappa shape index (κ3) is 6.42. The summed E-state index contributed by atoms with van der Waals surface area (Å²) in [6.07, 6.45) is 9.69. The van der Waals surface area contributed by atoms with Gasteiger partial charge in [0.15, 0.2) is 0 Å². The van der Waals surface area contributed by atoms with Crippen molar-refractivity contribution in [1.29, 1.82) is 0 Å². The van der Waals surface area contributed by atoms with Crippen LogP contribution in [0.15, 0.2) is 60.7 Å². The first kappa shape index (κ1) is 24.1. The predicted molar refractivity (Wildman–Crippen MR) is 125 cm³/mol. The zero-order chi connectivity index (χ0) is 23.0. The molecule has 4 heteroatoms. The molecule has 0 aliphatic rings. The molecular formula is C27H32O4. The maximum absolute atomic E-state index is 11.4. The van der Waals surface area contributed by atoms with Crippen molar-refractivity contribution in [3.63, 3.8) is 0 Å². The molecule has 0 heterocycles. The van der Waals surface area contributed by atoms with Gasteiger partial charge in [0.25, 0.3) is 0 Å². The smallest absolute Gasteiger partial charge is 0.308 e. The molecule has 0 N–H and O–H groups in total. The van der Waals surface area contributed by atoms with Crippen LogP contribution in [-0.2, 0) is 27.8 Å². The number of hydrogen-bond donors (Lipinski definition) is 0. The van der Waals surface area contributed by atoms with Crippen LogP contribution in [-0.4, -0.2) is 11.9 Å². The lowest BCUT2D eigenvalue weighted by Gasteiger charge is -2.31. The fourth-order valence-electron chi connectivity index (χ4n) is 3.79. The number of carbonyl (C=O) groups is 2. The largest absolute Gasteiger partial charge is 0.427 e. The lowest BCUT2D eigenvalue weighted by molar-refractivity contribution is -0.132. The van der Waals surface area contributed by atoms with Crippen molar-refractivity contribution in [2.45, 2.75) is 59.8 Å². The molecule has 0 amide bonds. The molecule has 0 spiro atoms. The monoisotopic (exact) mass is 420 g/mol. The highest BCUT2D eigenvalue weighted by molar-refractivity contribution is 5.70. The molecule has 164 valence electrons. The minimum atomic E-state index is -0.335. The molecule has 0 aliphatic heterocycles. The first-order valence-corrected chi connectivity index (χ1v) is 10.5. The van der Waals surface area contributed by atoms with Gasteiger partial charge in [0.2, 0.25) is 0 Å². The Morgan fingerprint density at radius 1 is 0.774 bits per heavy atom. The summed E-state index contributed by atoms with van der Waals surface area (Å²) in [7, 11) is 0. The Morgan fingerprint density at radius 3 is 1.48 bits per heavy atom. The summed E-state index contributed by atoms with van der Waals surface area (Å²) < 4.78 is 10.6. The van der Waals surface area contributed by atoms with E-state index in [1.807, 2.05) is 62.4 Å². The molecule has 0 bridgehead atoms. The van der Waals surface area contributed by atoms with Gasteiger partial charge in [-0.3, -0.25) is 9.59 Å². The Balaban J connectivity index is 2.60. The summed E-state index contributed by atoms with van der Waals surface area (Å²) in [5.74, 6) is 0.425. The molecule has 0 unspecified atom stereocenters. The Morgan fingerprint density at radius 2 is 1.16 bits per heavy atom. The molecule has 2 aromatic rings. The highest BCUT2D eigenvalue weighted by Crippen LogP contribution is 2.38. The van der Waals surface area contributed by atoms with Crippen LogP contribution in [0.4, 0.5) is 0 Å². The van der Waals surface area contributed by atoms with Gasteiger partial charge in [-0.25, -0.2) is 0 Å². The van der Waals surface area contributed by atoms with Gasteiger partial charge in [-0.15, -0.1) is 0 Å². The van der Waals surface area contributed by atoms with Gasteiger partial charge in [-0.05, 0) is 73.2 Å². The molecular weight excluding hydrogens is 388 g/mol. The van der Waals surface area contributed by atoms with E-state index in [0.717, 1.165) is 35.1 Å². The lowest BCUT2D eigenvalue weighted by atomic mass is 9.73. The van der Waals surface area contributed by atoms with Gasteiger partial charge in [-0.1, -0.05) is 50.3 Å². The highest BCUT2D eigenvalue weighted by Gasteiger charge is 2.28. The lowest BCUT2D eigenvalue weighted by Crippen LogP contribution is -2.23. The van der Waals surface area contributed by atoms with E-state index < -0.39 is 0 Å². The van der Waals surface area contributed by atoms with Crippen LogP contribution >= 0.6 is 0 Å². The molecule has 31 heavy (non-hydrogen) atoms. The normalized spacial score (nSPS) is 11.8. The van der Waals surface area contributed by atoms with Gasteiger partial charge >= 0.3 is 11.9 Å². The fraction of sp³-hybridized carbons (Fsp3) is 0.333. The summed E-state index contributed by atoms with van der Waals surface area (Å²) in [6, 6.07) is 11.6. The topological polar surface area (TPSA) is 52.6 Å². The molecule has 4 nitrogen and oxygen atoms in total. The molecule has 0 fully saturated rings. The highest BCUT2D eigenvalue weighted by atomic mass is 16.5. The Kier molecular flexibility index (Phi) is 8.38. The maximum Gasteiger partial charge on any atom is 0.308 e. The van der Waals surface area contributed by atoms with Gasteiger partial charge < -0.3 is 9.47 Å². The van der Waals surface area contributed by atoms with Crippen molar-refractivity contribution in [2.75, 3.05) is 0 Å². The van der Waals surface area contributed by atoms with Crippen LogP contribution in [0.2, 0.25) is 0 Å². The summed E-state index contributed by atoms with van der Waals surface area (Å²) >= 11 is 0. The van der Waals surface area contributed by atoms with E-state index in [4.69, 9.17) is 9.47 Å². The zero-order valence-electron chi connectivity index (χ0n) is 19.3. The van der Waals surface area contributed by atoms with E-state index in [9.17, 15) is 9.59 Å². The van der Waals surface area contributed by atoms with Crippen molar-refractivity contribution in [2.24, 2.45) is 0 Å². The van der Waals surface area contributed by atoms with Gasteiger partial charge in [0.1, 0.15) is 11.5 Å². The van der Waals surface area contributed by atoms with Crippen molar-refractivity contribution in [3.8, 4) is 11.5 Å². The van der Waals surface area contributed by atoms with Crippen LogP contribution in [0.3, 0.4) is 0 Å². The van der Waals surface area contributed by atoms with E-state index in [1.165, 1.54) is 13.8 Å². The van der Waals surface area contributed by atoms with Gasteiger partial charge in [0.05, 0.1) is 0 Å². The van der Waals surface area contributed by atoms with Crippen molar-refractivity contribution >= 4 is 11.9 Å². The van der Waals surface area contributed by atoms with Crippen LogP contribution in [0.5, 0.6) is 11.5 Å². The third-order valence-electron chi connectivity index (χ3n) is 5.17. The Labute approximate surface area is 185 Å². The first-order valence-electron chi connectivity index (χ1n) is 10.5. The van der Waals surface area contributed by atoms with E-state index in [1.54, 1.807) is 0 Å². The number of esters is 2. The van der Waals surface area contributed by atoms with E-state index in [0.29, 0.717) is 11.5 Å². The number of allylic oxidation sites excluding steroid dienone is 4. The van der Waals surface area contributed by atoms with Gasteiger partial charge in [0, 0.05) is 19.3 Å². The summed E-state index contributed by atoms with van der Waals surface area (Å²) in [5, 5.41) is 0. The quantitative estimate of drug-likeness (QED) is 0.294. The molecule has 2 rings (SSSR count). The molecule has 0 saturated heterocycles. The standard InChI is InChI=1S/C27H32O4/c1-7-9-11-21-17-23(30-19(3)28)13-15-25(21)27(5,6)26-16-14-24(31-20(4)29)18-22(26)12-10-8-2/h7-10,13-18H,11-12H2,1-6H3. The van der Waals surface area contributed by atoms with Crippen molar-refractivity contribution < 1.29 is 19.1 Å². The summed E-state index contributed by atoms with van der Waals surface area (Å²) in [6.45, 7) is 11.2. The zero-order valence-corrected chi connectivity index (χ0v) is 19.3. The number of benzene rings is 2. The summed E-state index contributed by atoms with van der Waals surface area (Å²) in [4.78, 5) is 22.8. The van der Waals surface area contributed by atoms with Crippen LogP contribution in [0.25, 0.3) is 0 Å². The second-order valence-corrected chi connectivity index (χ2v) is 8.00. The van der Waals surface area contributed by atoms with Crippen LogP contribution < -0.4 is 9.47 Å². The molecule has 2 aromatic carbocycles. The van der Waals surface area contributed by atoms with Crippen LogP contribution in [0.1, 0.15) is 63.8 Å². The number of ether oxygens (including phenoxy) is 2. The van der Waals surface area contributed by atoms with E-state index in [2.05, 4.69) is 26.0 Å². The van der Waals surface area contributed by atoms with Crippen LogP contribution in [0, 0.1) is 0 Å². The summed E-state index contributed by atoms with van der Waals surface area (Å²) in [5.41, 5.74) is 4.19. The number of rotatable bonds is 8. The predicted octanol–water partition coefficient (Wildman–Crippen LogP) is 6.10. The third-order valence-corrected chi connectivity index (χ3v) is 5.17. The van der Waals surface area contributed by atoms with Crippen molar-refractivity contribution in [3.05, 3.63) is 83.0 Å². The first-order chi connectivity index (χ1) is 14.7. The van der Waals surface area contributed by atoms with E-state index in [-0.39, 0.29) is 17.4 Å². The average molecular weight is 421 g/mol. The fourth-order valence-corrected chi connectivity index (χ4v) is 3.79. The Hall–Kier alpha value is -3.14. The number of carbonyl (C=O) groups excluding carboxylic acids is 2. The minimum Gasteiger partial charge on any atom is -0.427 e. The molecule has 0 atom stereocenters. The van der Waals surface area contributed by atoms with Gasteiger partial charge in [-0.2, -0.15) is 0 Å². The second kappa shape index (κ2) is 10.8. The second-order valence-electron chi connectivity index (χ2n) is 8.00. The molecule has 0 aliphatic carbocycles. The minimum absolute atomic E-state index is 0.322. The molecule has 0 radical (unpaired) electrons. The van der Waals surface area contributed by atoms with Crippen molar-refractivity contribution in [1.82, 2.24) is 0 Å². The molecule has 0 aromatic heterocycles. The average Bonchev–Trinajstić information content (AvgIpc) is 2.69. The Bertz CT molecular complexity index is 917. The molecule has 0 saturated carbocycles. The maximum atomic E-state index is 11.4. The SMILES string of the molecule is CC=CCc1cc(OC(C)=O)ccc1C(C)(C)c1ccc(OC(C)=O)cc1CC=CC.